The minimum Gasteiger partial charge on any atom is -0.385 e. The van der Waals surface area contributed by atoms with Gasteiger partial charge in [0.25, 0.3) is 0 Å². The van der Waals surface area contributed by atoms with Gasteiger partial charge in [0.15, 0.2) is 0 Å². The molecule has 0 fully saturated rings. The molecule has 0 unspecified atom stereocenters. The van der Waals surface area contributed by atoms with E-state index in [1.165, 1.54) is 0 Å². The molecule has 3 nitrogen and oxygen atoms in total. The number of nitrogens with zero attached hydrogens (tertiary/aromatic N) is 1. The number of terminal acetylenes is 1. The van der Waals surface area contributed by atoms with Gasteiger partial charge in [-0.1, -0.05) is 0 Å². The molecule has 0 bridgehead atoms. The third-order valence-electron chi connectivity index (χ3n) is 1.61. The third-order valence-corrected chi connectivity index (χ3v) is 1.61. The van der Waals surface area contributed by atoms with Crippen LogP contribution < -0.4 is 11.1 Å². The maximum atomic E-state index is 5.51. The zero-order chi connectivity index (χ0) is 9.52. The van der Waals surface area contributed by atoms with Gasteiger partial charge in [0.1, 0.15) is 5.82 Å². The van der Waals surface area contributed by atoms with Gasteiger partial charge >= 0.3 is 0 Å². The molecule has 0 saturated heterocycles. The molecule has 0 aromatic carbocycles. The van der Waals surface area contributed by atoms with Crippen LogP contribution in [0.15, 0.2) is 18.3 Å². The molecule has 1 aromatic rings. The highest BCUT2D eigenvalue weighted by molar-refractivity contribution is 5.49. The van der Waals surface area contributed by atoms with Crippen molar-refractivity contribution in [2.75, 3.05) is 17.6 Å². The zero-order valence-corrected chi connectivity index (χ0v) is 7.46. The quantitative estimate of drug-likeness (QED) is 0.538. The number of hydrogen-bond acceptors (Lipinski definition) is 3. The first-order valence-electron chi connectivity index (χ1n) is 4.22. The monoisotopic (exact) mass is 175 g/mol. The Labute approximate surface area is 78.4 Å². The topological polar surface area (TPSA) is 50.9 Å². The Hall–Kier alpha value is -1.69. The Morgan fingerprint density at radius 3 is 3.15 bits per heavy atom. The summed E-state index contributed by atoms with van der Waals surface area (Å²) in [6, 6.07) is 3.68. The van der Waals surface area contributed by atoms with Crippen LogP contribution in [0.1, 0.15) is 12.8 Å². The minimum atomic E-state index is 0.530. The van der Waals surface area contributed by atoms with Crippen LogP contribution >= 0.6 is 0 Å². The zero-order valence-electron chi connectivity index (χ0n) is 7.46. The molecule has 13 heavy (non-hydrogen) atoms. The molecule has 1 rings (SSSR count). The summed E-state index contributed by atoms with van der Waals surface area (Å²) in [7, 11) is 0. The van der Waals surface area contributed by atoms with Crippen molar-refractivity contribution in [1.29, 1.82) is 0 Å². The van der Waals surface area contributed by atoms with Gasteiger partial charge in [-0.05, 0) is 12.5 Å². The number of nitrogens with two attached hydrogens (primary N) is 1. The van der Waals surface area contributed by atoms with E-state index >= 15 is 0 Å². The van der Waals surface area contributed by atoms with Crippen molar-refractivity contribution in [3.8, 4) is 12.3 Å². The lowest BCUT2D eigenvalue weighted by Crippen LogP contribution is -2.01. The van der Waals surface area contributed by atoms with Crippen molar-refractivity contribution in [2.45, 2.75) is 12.8 Å². The molecular weight excluding hydrogens is 162 g/mol. The Kier molecular flexibility index (Phi) is 3.65. The van der Waals surface area contributed by atoms with E-state index in [0.29, 0.717) is 5.82 Å². The Morgan fingerprint density at radius 1 is 1.62 bits per heavy atom. The van der Waals surface area contributed by atoms with Gasteiger partial charge in [-0.3, -0.25) is 0 Å². The van der Waals surface area contributed by atoms with Crippen LogP contribution in [0.2, 0.25) is 0 Å². The van der Waals surface area contributed by atoms with E-state index in [0.717, 1.165) is 25.1 Å². The van der Waals surface area contributed by atoms with Crippen LogP contribution in [0.25, 0.3) is 0 Å². The number of hydrogen-bond donors (Lipinski definition) is 2. The smallest absolute Gasteiger partial charge is 0.125 e. The number of unbranched alkanes of at least 4 members (excludes halogenated alkanes) is 1. The lowest BCUT2D eigenvalue weighted by atomic mass is 10.3. The number of nitrogens with one attached hydrogen (secondary N) is 1. The summed E-state index contributed by atoms with van der Waals surface area (Å²) < 4.78 is 0. The van der Waals surface area contributed by atoms with Gasteiger partial charge in [-0.2, -0.15) is 0 Å². The lowest BCUT2D eigenvalue weighted by Gasteiger charge is -2.04. The molecular formula is C10H13N3. The summed E-state index contributed by atoms with van der Waals surface area (Å²) in [5.74, 6) is 3.12. The van der Waals surface area contributed by atoms with Crippen LogP contribution in [0, 0.1) is 12.3 Å². The Morgan fingerprint density at radius 2 is 2.46 bits per heavy atom. The number of nitrogen functional groups attached to an aromatic ring is 1. The maximum absolute atomic E-state index is 5.51. The van der Waals surface area contributed by atoms with Crippen molar-refractivity contribution in [2.24, 2.45) is 0 Å². The molecule has 3 heteroatoms. The Bertz CT molecular complexity index is 301. The predicted molar refractivity (Wildman–Crippen MR) is 55.2 cm³/mol. The molecule has 0 atom stereocenters. The molecule has 0 aliphatic carbocycles. The van der Waals surface area contributed by atoms with Crippen LogP contribution in [0.4, 0.5) is 11.5 Å². The summed E-state index contributed by atoms with van der Waals surface area (Å²) in [6.07, 6.45) is 8.57. The number of aromatic nitrogens is 1. The normalized spacial score (nSPS) is 9.15. The lowest BCUT2D eigenvalue weighted by molar-refractivity contribution is 0.907. The predicted octanol–water partition coefficient (Wildman–Crippen LogP) is 1.49. The summed E-state index contributed by atoms with van der Waals surface area (Å²) in [5, 5.41) is 3.20. The molecule has 0 amide bonds. The van der Waals surface area contributed by atoms with E-state index in [-0.39, 0.29) is 0 Å². The van der Waals surface area contributed by atoms with Crippen molar-refractivity contribution in [3.05, 3.63) is 18.3 Å². The molecule has 0 saturated carbocycles. The van der Waals surface area contributed by atoms with Crippen molar-refractivity contribution < 1.29 is 0 Å². The van der Waals surface area contributed by atoms with E-state index in [9.17, 15) is 0 Å². The first kappa shape index (κ1) is 9.40. The van der Waals surface area contributed by atoms with E-state index in [1.807, 2.05) is 6.07 Å². The molecule has 0 aliphatic rings. The van der Waals surface area contributed by atoms with Gasteiger partial charge in [-0.25, -0.2) is 4.98 Å². The number of anilines is 2. The second-order valence-electron chi connectivity index (χ2n) is 2.70. The highest BCUT2D eigenvalue weighted by atomic mass is 14.9. The summed E-state index contributed by atoms with van der Waals surface area (Å²) >= 11 is 0. The van der Waals surface area contributed by atoms with Gasteiger partial charge in [-0.15, -0.1) is 12.3 Å². The van der Waals surface area contributed by atoms with Gasteiger partial charge < -0.3 is 11.1 Å². The maximum Gasteiger partial charge on any atom is 0.125 e. The fourth-order valence-electron chi connectivity index (χ4n) is 0.981. The molecule has 0 spiro atoms. The summed E-state index contributed by atoms with van der Waals surface area (Å²) in [4.78, 5) is 3.89. The summed E-state index contributed by atoms with van der Waals surface area (Å²) in [5.41, 5.74) is 6.50. The van der Waals surface area contributed by atoms with Gasteiger partial charge in [0.2, 0.25) is 0 Å². The first-order chi connectivity index (χ1) is 6.33. The van der Waals surface area contributed by atoms with Crippen molar-refractivity contribution in [1.82, 2.24) is 4.98 Å². The fraction of sp³-hybridized carbons (Fsp3) is 0.300. The second kappa shape index (κ2) is 5.04. The van der Waals surface area contributed by atoms with Crippen molar-refractivity contribution >= 4 is 11.5 Å². The fourth-order valence-corrected chi connectivity index (χ4v) is 0.981. The highest BCUT2D eigenvalue weighted by Crippen LogP contribution is 2.08. The van der Waals surface area contributed by atoms with E-state index in [4.69, 9.17) is 12.2 Å². The SMILES string of the molecule is C#CCCCNc1ccnc(N)c1. The number of pyridine rings is 1. The second-order valence-corrected chi connectivity index (χ2v) is 2.70. The van der Waals surface area contributed by atoms with Crippen molar-refractivity contribution in [3.63, 3.8) is 0 Å². The van der Waals surface area contributed by atoms with E-state index in [2.05, 4.69) is 16.2 Å². The molecule has 3 N–H and O–H groups in total. The average molecular weight is 175 g/mol. The minimum absolute atomic E-state index is 0.530. The number of rotatable bonds is 4. The molecule has 68 valence electrons. The standard InChI is InChI=1S/C10H13N3/c1-2-3-4-6-12-9-5-7-13-10(11)8-9/h1,5,7-8H,3-4,6H2,(H3,11,12,13). The van der Waals surface area contributed by atoms with Crippen LogP contribution in [0.5, 0.6) is 0 Å². The van der Waals surface area contributed by atoms with E-state index in [1.54, 1.807) is 12.3 Å². The Balaban J connectivity index is 2.33. The van der Waals surface area contributed by atoms with Crippen LogP contribution in [-0.2, 0) is 0 Å². The van der Waals surface area contributed by atoms with E-state index < -0.39 is 0 Å². The van der Waals surface area contributed by atoms with Gasteiger partial charge in [0, 0.05) is 30.9 Å². The molecule has 1 aromatic heterocycles. The van der Waals surface area contributed by atoms with Gasteiger partial charge in [0.05, 0.1) is 0 Å². The first-order valence-corrected chi connectivity index (χ1v) is 4.22. The average Bonchev–Trinajstić information content (AvgIpc) is 2.13. The van der Waals surface area contributed by atoms with Crippen LogP contribution in [0.3, 0.4) is 0 Å². The summed E-state index contributed by atoms with van der Waals surface area (Å²) in [6.45, 7) is 0.869. The molecule has 0 aliphatic heterocycles. The molecule has 0 radical (unpaired) electrons. The van der Waals surface area contributed by atoms with Crippen LogP contribution in [-0.4, -0.2) is 11.5 Å². The molecule has 1 heterocycles. The third kappa shape index (κ3) is 3.48. The largest absolute Gasteiger partial charge is 0.385 e. The highest BCUT2D eigenvalue weighted by Gasteiger charge is 1.91.